The number of aliphatic hydroxyl groups excluding tert-OH is 1. The van der Waals surface area contributed by atoms with E-state index < -0.39 is 41.7 Å². The zero-order valence-electron chi connectivity index (χ0n) is 14.8. The van der Waals surface area contributed by atoms with Gasteiger partial charge in [0, 0.05) is 18.0 Å². The van der Waals surface area contributed by atoms with E-state index in [-0.39, 0.29) is 6.54 Å². The number of fused-ring (bicyclic) bond motifs is 1. The van der Waals surface area contributed by atoms with E-state index in [0.717, 1.165) is 0 Å². The van der Waals surface area contributed by atoms with Gasteiger partial charge in [-0.25, -0.2) is 0 Å². The maximum absolute atomic E-state index is 12.5. The minimum atomic E-state index is -1.38. The summed E-state index contributed by atoms with van der Waals surface area (Å²) < 4.78 is 17.7. The molecule has 2 aliphatic heterocycles. The summed E-state index contributed by atoms with van der Waals surface area (Å²) in [6.45, 7) is 9.99. The largest absolute Gasteiger partial charge is 0.380 e. The number of rotatable bonds is 6. The van der Waals surface area contributed by atoms with Crippen molar-refractivity contribution in [1.29, 1.82) is 0 Å². The number of hydrogen-bond acceptors (Lipinski definition) is 6. The van der Waals surface area contributed by atoms with Crippen LogP contribution in [0.25, 0.3) is 10.4 Å². The standard InChI is InChI=1S/C15H26N4O5/c1-6-19(7-2)13(21)10(20)12-15(5)11(23-14(3,4)24-15)9(22-12)8-17-18-16/h9-12,20H,6-8H2,1-5H3/t9-,10+,11-,12-,15-/m1/s1. The molecule has 0 radical (unpaired) electrons. The van der Waals surface area contributed by atoms with Crippen molar-refractivity contribution in [3.63, 3.8) is 0 Å². The Morgan fingerprint density at radius 1 is 1.38 bits per heavy atom. The molecule has 2 fully saturated rings. The number of likely N-dealkylation sites (N-methyl/N-ethyl adjacent to an activating group) is 1. The van der Waals surface area contributed by atoms with Gasteiger partial charge in [-0.05, 0) is 40.1 Å². The third-order valence-electron chi connectivity index (χ3n) is 4.61. The Labute approximate surface area is 141 Å². The van der Waals surface area contributed by atoms with Crippen molar-refractivity contribution in [2.45, 2.75) is 70.4 Å². The van der Waals surface area contributed by atoms with Crippen LogP contribution < -0.4 is 0 Å². The van der Waals surface area contributed by atoms with Crippen LogP contribution in [0.3, 0.4) is 0 Å². The molecule has 0 spiro atoms. The highest BCUT2D eigenvalue weighted by molar-refractivity contribution is 5.81. The number of nitrogens with zero attached hydrogens (tertiary/aromatic N) is 4. The van der Waals surface area contributed by atoms with Crippen molar-refractivity contribution >= 4 is 5.91 Å². The molecule has 2 heterocycles. The third-order valence-corrected chi connectivity index (χ3v) is 4.61. The lowest BCUT2D eigenvalue weighted by Gasteiger charge is -2.33. The Hall–Kier alpha value is -1.38. The van der Waals surface area contributed by atoms with Crippen LogP contribution in [-0.2, 0) is 19.0 Å². The molecule has 24 heavy (non-hydrogen) atoms. The van der Waals surface area contributed by atoms with E-state index in [0.29, 0.717) is 13.1 Å². The van der Waals surface area contributed by atoms with Gasteiger partial charge in [-0.15, -0.1) is 0 Å². The number of carbonyl (C=O) groups excluding carboxylic acids is 1. The van der Waals surface area contributed by atoms with Crippen LogP contribution in [0.15, 0.2) is 5.11 Å². The highest BCUT2D eigenvalue weighted by Crippen LogP contribution is 2.47. The molecule has 0 aromatic rings. The quantitative estimate of drug-likeness (QED) is 0.442. The van der Waals surface area contributed by atoms with Gasteiger partial charge >= 0.3 is 0 Å². The highest BCUT2D eigenvalue weighted by atomic mass is 16.8. The summed E-state index contributed by atoms with van der Waals surface area (Å²) in [5, 5.41) is 14.2. The lowest BCUT2D eigenvalue weighted by atomic mass is 9.89. The van der Waals surface area contributed by atoms with E-state index >= 15 is 0 Å². The number of ether oxygens (including phenoxy) is 3. The molecule has 0 aromatic heterocycles. The van der Waals surface area contributed by atoms with Crippen molar-refractivity contribution in [2.75, 3.05) is 19.6 Å². The highest BCUT2D eigenvalue weighted by Gasteiger charge is 2.65. The van der Waals surface area contributed by atoms with Crippen LogP contribution in [0.5, 0.6) is 0 Å². The van der Waals surface area contributed by atoms with Gasteiger partial charge in [0.2, 0.25) is 0 Å². The second-order valence-electron chi connectivity index (χ2n) is 6.69. The van der Waals surface area contributed by atoms with Crippen molar-refractivity contribution in [2.24, 2.45) is 5.11 Å². The van der Waals surface area contributed by atoms with Crippen LogP contribution in [0.4, 0.5) is 0 Å². The normalized spacial score (nSPS) is 35.2. The van der Waals surface area contributed by atoms with Gasteiger partial charge in [0.25, 0.3) is 5.91 Å². The summed E-state index contributed by atoms with van der Waals surface area (Å²) in [4.78, 5) is 16.8. The maximum atomic E-state index is 12.5. The van der Waals surface area contributed by atoms with E-state index in [9.17, 15) is 9.90 Å². The first-order chi connectivity index (χ1) is 11.2. The fourth-order valence-corrected chi connectivity index (χ4v) is 3.59. The van der Waals surface area contributed by atoms with Crippen LogP contribution >= 0.6 is 0 Å². The average molecular weight is 342 g/mol. The molecule has 136 valence electrons. The topological polar surface area (TPSA) is 117 Å². The minimum absolute atomic E-state index is 0.0406. The smallest absolute Gasteiger partial charge is 0.254 e. The predicted molar refractivity (Wildman–Crippen MR) is 85.1 cm³/mol. The molecular formula is C15H26N4O5. The van der Waals surface area contributed by atoms with Crippen LogP contribution in [0, 0.1) is 0 Å². The molecular weight excluding hydrogens is 316 g/mol. The van der Waals surface area contributed by atoms with Gasteiger partial charge in [-0.1, -0.05) is 5.11 Å². The van der Waals surface area contributed by atoms with Gasteiger partial charge in [0.1, 0.15) is 17.8 Å². The van der Waals surface area contributed by atoms with Crippen LogP contribution in [0.1, 0.15) is 34.6 Å². The number of azide groups is 1. The molecule has 1 amide bonds. The zero-order chi connectivity index (χ0) is 18.1. The first-order valence-corrected chi connectivity index (χ1v) is 8.21. The molecule has 0 aromatic carbocycles. The Morgan fingerprint density at radius 2 is 2.00 bits per heavy atom. The third kappa shape index (κ3) is 3.22. The summed E-state index contributed by atoms with van der Waals surface area (Å²) in [5.74, 6) is -1.30. The summed E-state index contributed by atoms with van der Waals surface area (Å²) in [6, 6.07) is 0. The molecule has 2 rings (SSSR count). The molecule has 0 bridgehead atoms. The fourth-order valence-electron chi connectivity index (χ4n) is 3.59. The van der Waals surface area contributed by atoms with Crippen molar-refractivity contribution in [3.8, 4) is 0 Å². The van der Waals surface area contributed by atoms with Gasteiger partial charge in [-0.3, -0.25) is 4.79 Å². The summed E-state index contributed by atoms with van der Waals surface area (Å²) >= 11 is 0. The van der Waals surface area contributed by atoms with E-state index in [2.05, 4.69) is 10.0 Å². The molecule has 1 N–H and O–H groups in total. The fraction of sp³-hybridized carbons (Fsp3) is 0.933. The predicted octanol–water partition coefficient (Wildman–Crippen LogP) is 1.20. The first kappa shape index (κ1) is 19.0. The Kier molecular flexibility index (Phi) is 5.41. The Balaban J connectivity index is 2.28. The monoisotopic (exact) mass is 342 g/mol. The average Bonchev–Trinajstić information content (AvgIpc) is 2.91. The second-order valence-corrected chi connectivity index (χ2v) is 6.69. The van der Waals surface area contributed by atoms with Crippen LogP contribution in [-0.4, -0.2) is 71.4 Å². The lowest BCUT2D eigenvalue weighted by molar-refractivity contribution is -0.215. The van der Waals surface area contributed by atoms with Crippen molar-refractivity contribution < 1.29 is 24.1 Å². The molecule has 9 nitrogen and oxygen atoms in total. The summed E-state index contributed by atoms with van der Waals surface area (Å²) in [7, 11) is 0. The molecule has 2 saturated heterocycles. The van der Waals surface area contributed by atoms with Crippen molar-refractivity contribution in [3.05, 3.63) is 10.4 Å². The minimum Gasteiger partial charge on any atom is -0.380 e. The number of carbonyl (C=O) groups is 1. The second kappa shape index (κ2) is 6.85. The van der Waals surface area contributed by atoms with Gasteiger partial charge in [0.05, 0.1) is 12.6 Å². The SMILES string of the molecule is CCN(CC)C(=O)[C@@H](O)[C@H]1O[C@H](CN=[N+]=[N-])[C@H]2OC(C)(C)O[C@@]12C. The Bertz CT molecular complexity index is 532. The van der Waals surface area contributed by atoms with Gasteiger partial charge in [-0.2, -0.15) is 0 Å². The molecule has 2 aliphatic rings. The molecule has 0 unspecified atom stereocenters. The van der Waals surface area contributed by atoms with Crippen molar-refractivity contribution in [1.82, 2.24) is 4.90 Å². The molecule has 9 heteroatoms. The maximum Gasteiger partial charge on any atom is 0.254 e. The van der Waals surface area contributed by atoms with E-state index in [1.54, 1.807) is 20.8 Å². The van der Waals surface area contributed by atoms with Crippen LogP contribution in [0.2, 0.25) is 0 Å². The summed E-state index contributed by atoms with van der Waals surface area (Å²) in [5.41, 5.74) is 7.54. The lowest BCUT2D eigenvalue weighted by Crippen LogP contribution is -2.54. The first-order valence-electron chi connectivity index (χ1n) is 8.21. The summed E-state index contributed by atoms with van der Waals surface area (Å²) in [6.07, 6.45) is -3.42. The molecule has 0 aliphatic carbocycles. The van der Waals surface area contributed by atoms with Gasteiger partial charge in [0.15, 0.2) is 11.9 Å². The van der Waals surface area contributed by atoms with Gasteiger partial charge < -0.3 is 24.2 Å². The van der Waals surface area contributed by atoms with E-state index in [1.165, 1.54) is 4.90 Å². The molecule has 0 saturated carbocycles. The number of aliphatic hydroxyl groups is 1. The zero-order valence-corrected chi connectivity index (χ0v) is 14.8. The van der Waals surface area contributed by atoms with E-state index in [4.69, 9.17) is 19.7 Å². The number of hydrogen-bond donors (Lipinski definition) is 1. The molecule has 5 atom stereocenters. The Morgan fingerprint density at radius 3 is 2.54 bits per heavy atom. The van der Waals surface area contributed by atoms with E-state index in [1.807, 2.05) is 13.8 Å². The number of amides is 1.